The molecule has 2 N–H and O–H groups in total. The van der Waals surface area contributed by atoms with Crippen LogP contribution in [0.3, 0.4) is 0 Å². The Kier molecular flexibility index (Phi) is 4.75. The third kappa shape index (κ3) is 3.00. The van der Waals surface area contributed by atoms with Crippen LogP contribution in [-0.4, -0.2) is 21.5 Å². The molecule has 0 unspecified atom stereocenters. The van der Waals surface area contributed by atoms with Crippen LogP contribution >= 0.6 is 45.2 Å². The summed E-state index contributed by atoms with van der Waals surface area (Å²) >= 11 is 2.88. The molecule has 2 aromatic heterocycles. The van der Waals surface area contributed by atoms with Crippen molar-refractivity contribution in [3.05, 3.63) is 42.1 Å². The maximum Gasteiger partial charge on any atom is 0.190 e. The van der Waals surface area contributed by atoms with Gasteiger partial charge in [-0.05, 0) is 45.2 Å². The highest BCUT2D eigenvalue weighted by Gasteiger charge is 2.27. The lowest BCUT2D eigenvalue weighted by Gasteiger charge is -1.98. The van der Waals surface area contributed by atoms with Crippen LogP contribution in [0.1, 0.15) is 27.4 Å². The molecule has 2 rings (SSSR count). The van der Waals surface area contributed by atoms with Crippen LogP contribution in [0.25, 0.3) is 0 Å². The average molecular weight is 526 g/mol. The van der Waals surface area contributed by atoms with Gasteiger partial charge >= 0.3 is 0 Å². The van der Waals surface area contributed by atoms with E-state index in [1.165, 1.54) is 45.2 Å². The number of rotatable bonds is 4. The number of hydrogen-bond acceptors (Lipinski definition) is 2. The molecule has 0 aliphatic rings. The molecule has 0 atom stereocenters. The first-order valence-electron chi connectivity index (χ1n) is 5.25. The number of carbonyl (C=O) groups is 2. The topological polar surface area (TPSA) is 65.7 Å². The van der Waals surface area contributed by atoms with Crippen molar-refractivity contribution in [3.8, 4) is 0 Å². The lowest BCUT2D eigenvalue weighted by molar-refractivity contribution is 0.0884. The van der Waals surface area contributed by atoms with Crippen LogP contribution in [0, 0.1) is 30.7 Å². The third-order valence-electron chi connectivity index (χ3n) is 2.56. The van der Waals surface area contributed by atoms with Crippen LogP contribution in [0.15, 0.2) is 0 Å². The molecule has 0 radical (unpaired) electrons. The molecular weight excluding hydrogens is 522 g/mol. The maximum atomic E-state index is 13.4. The van der Waals surface area contributed by atoms with Crippen LogP contribution in [-0.2, 0) is 0 Å². The molecule has 0 aromatic carbocycles. The summed E-state index contributed by atoms with van der Waals surface area (Å²) < 4.78 is 52.6. The van der Waals surface area contributed by atoms with Crippen molar-refractivity contribution >= 4 is 56.7 Å². The zero-order valence-corrected chi connectivity index (χ0v) is 14.1. The van der Waals surface area contributed by atoms with Crippen molar-refractivity contribution in [3.63, 3.8) is 0 Å². The molecule has 112 valence electrons. The van der Waals surface area contributed by atoms with E-state index >= 15 is 0 Å². The Morgan fingerprint density at radius 1 is 0.762 bits per heavy atom. The van der Waals surface area contributed by atoms with E-state index in [1.54, 1.807) is 0 Å². The van der Waals surface area contributed by atoms with Crippen LogP contribution in [0.5, 0.6) is 0 Å². The van der Waals surface area contributed by atoms with E-state index in [4.69, 9.17) is 0 Å². The van der Waals surface area contributed by atoms with Gasteiger partial charge in [-0.3, -0.25) is 9.59 Å². The zero-order valence-electron chi connectivity index (χ0n) is 9.79. The van der Waals surface area contributed by atoms with Gasteiger partial charge < -0.3 is 9.97 Å². The maximum absolute atomic E-state index is 13.4. The second-order valence-electron chi connectivity index (χ2n) is 3.91. The Balaban J connectivity index is 2.25. The number of ketones is 2. The van der Waals surface area contributed by atoms with E-state index < -0.39 is 52.6 Å². The van der Waals surface area contributed by atoms with Crippen molar-refractivity contribution in [1.82, 2.24) is 9.97 Å². The van der Waals surface area contributed by atoms with Gasteiger partial charge in [-0.2, -0.15) is 0 Å². The Morgan fingerprint density at radius 3 is 1.33 bits per heavy atom. The summed E-state index contributed by atoms with van der Waals surface area (Å²) in [6.45, 7) is 0. The first-order chi connectivity index (χ1) is 9.73. The molecule has 0 bridgehead atoms. The minimum atomic E-state index is -1.41. The summed E-state index contributed by atoms with van der Waals surface area (Å²) in [5.74, 6) is -7.43. The SMILES string of the molecule is O=C(CC(=O)c1[nH]c(I)c(F)c1F)c1[nH]c(I)c(F)c1F. The number of Topliss-reactive ketones (excluding diaryl/α,β-unsaturated/α-hetero) is 2. The fourth-order valence-electron chi connectivity index (χ4n) is 1.56. The summed E-state index contributed by atoms with van der Waals surface area (Å²) in [7, 11) is 0. The predicted molar refractivity (Wildman–Crippen MR) is 80.1 cm³/mol. The van der Waals surface area contributed by atoms with Gasteiger partial charge in [0.05, 0.1) is 6.42 Å². The van der Waals surface area contributed by atoms with Gasteiger partial charge in [0.15, 0.2) is 34.8 Å². The van der Waals surface area contributed by atoms with E-state index in [2.05, 4.69) is 9.97 Å². The quantitative estimate of drug-likeness (QED) is 0.277. The molecule has 2 heterocycles. The fourth-order valence-corrected chi connectivity index (χ4v) is 2.57. The van der Waals surface area contributed by atoms with E-state index in [-0.39, 0.29) is 7.40 Å². The Bertz CT molecular complexity index is 692. The number of hydrogen-bond donors (Lipinski definition) is 2. The second-order valence-corrected chi connectivity index (χ2v) is 6.06. The van der Waals surface area contributed by atoms with Gasteiger partial charge in [-0.1, -0.05) is 0 Å². The summed E-state index contributed by atoms with van der Waals surface area (Å²) in [5.41, 5.74) is -1.43. The first kappa shape index (κ1) is 16.5. The summed E-state index contributed by atoms with van der Waals surface area (Å²) in [6.07, 6.45) is -0.931. The molecule has 0 saturated carbocycles. The number of H-pyrrole nitrogens is 2. The summed E-state index contributed by atoms with van der Waals surface area (Å²) in [5, 5.41) is 0. The molecule has 0 saturated heterocycles. The van der Waals surface area contributed by atoms with E-state index in [1.807, 2.05) is 0 Å². The molecule has 4 nitrogen and oxygen atoms in total. The van der Waals surface area contributed by atoms with Crippen molar-refractivity contribution in [1.29, 1.82) is 0 Å². The van der Waals surface area contributed by atoms with Gasteiger partial charge in [-0.25, -0.2) is 17.6 Å². The third-order valence-corrected chi connectivity index (χ3v) is 4.04. The largest absolute Gasteiger partial charge is 0.343 e. The molecule has 2 aromatic rings. The van der Waals surface area contributed by atoms with Crippen LogP contribution in [0.2, 0.25) is 0 Å². The smallest absolute Gasteiger partial charge is 0.190 e. The van der Waals surface area contributed by atoms with E-state index in [9.17, 15) is 27.2 Å². The average Bonchev–Trinajstić information content (AvgIpc) is 2.84. The Labute approximate surface area is 142 Å². The van der Waals surface area contributed by atoms with Crippen molar-refractivity contribution in [2.75, 3.05) is 0 Å². The highest BCUT2D eigenvalue weighted by atomic mass is 127. The number of carbonyl (C=O) groups excluding carboxylic acids is 2. The number of aromatic nitrogens is 2. The summed E-state index contributed by atoms with van der Waals surface area (Å²) in [6, 6.07) is 0. The fraction of sp³-hybridized carbons (Fsp3) is 0.0909. The molecule has 0 aliphatic carbocycles. The molecule has 0 spiro atoms. The van der Waals surface area contributed by atoms with Crippen molar-refractivity contribution in [2.45, 2.75) is 6.42 Å². The Morgan fingerprint density at radius 2 is 1.10 bits per heavy atom. The van der Waals surface area contributed by atoms with Gasteiger partial charge in [0, 0.05) is 0 Å². The minimum absolute atomic E-state index is 0.229. The normalized spacial score (nSPS) is 11.0. The molecule has 0 aliphatic heterocycles. The van der Waals surface area contributed by atoms with Gasteiger partial charge in [0.25, 0.3) is 0 Å². The predicted octanol–water partition coefficient (Wildman–Crippen LogP) is 3.56. The van der Waals surface area contributed by atoms with Crippen molar-refractivity contribution < 1.29 is 27.2 Å². The lowest BCUT2D eigenvalue weighted by atomic mass is 10.1. The van der Waals surface area contributed by atoms with Crippen molar-refractivity contribution in [2.24, 2.45) is 0 Å². The summed E-state index contributed by atoms with van der Waals surface area (Å²) in [4.78, 5) is 27.8. The molecule has 0 fully saturated rings. The highest BCUT2D eigenvalue weighted by Crippen LogP contribution is 2.21. The van der Waals surface area contributed by atoms with E-state index in [0.717, 1.165) is 0 Å². The molecule has 0 amide bonds. The monoisotopic (exact) mass is 526 g/mol. The Hall–Kier alpha value is -0.920. The van der Waals surface area contributed by atoms with Gasteiger partial charge in [0.1, 0.15) is 18.8 Å². The number of aromatic amines is 2. The van der Waals surface area contributed by atoms with E-state index in [0.29, 0.717) is 0 Å². The van der Waals surface area contributed by atoms with Gasteiger partial charge in [0.2, 0.25) is 0 Å². The molecule has 10 heteroatoms. The lowest BCUT2D eigenvalue weighted by Crippen LogP contribution is -2.12. The zero-order chi connectivity index (χ0) is 15.9. The standard InChI is InChI=1S/C11H4F4I2N2O2/c12-4-6(14)10(16)18-8(4)2(20)1-3(21)9-5(13)7(15)11(17)19-9/h18-19H,1H2. The number of nitrogens with one attached hydrogen (secondary N) is 2. The van der Waals surface area contributed by atoms with Crippen LogP contribution in [0.4, 0.5) is 17.6 Å². The van der Waals surface area contributed by atoms with Gasteiger partial charge in [-0.15, -0.1) is 0 Å². The number of halogens is 6. The molecular formula is C11H4F4I2N2O2. The second kappa shape index (κ2) is 6.06. The molecule has 21 heavy (non-hydrogen) atoms. The highest BCUT2D eigenvalue weighted by molar-refractivity contribution is 14.1. The van der Waals surface area contributed by atoms with Crippen LogP contribution < -0.4 is 0 Å². The minimum Gasteiger partial charge on any atom is -0.343 e. The first-order valence-corrected chi connectivity index (χ1v) is 7.41.